The van der Waals surface area contributed by atoms with Gasteiger partial charge in [-0.3, -0.25) is 19.6 Å². The molecule has 3 aromatic carbocycles. The van der Waals surface area contributed by atoms with Crippen LogP contribution in [0.2, 0.25) is 10.0 Å². The molecule has 11 heteroatoms. The van der Waals surface area contributed by atoms with Crippen molar-refractivity contribution < 1.29 is 14.3 Å². The minimum Gasteiger partial charge on any atom is -0.379 e. The molecule has 0 spiro atoms. The van der Waals surface area contributed by atoms with Crippen molar-refractivity contribution in [2.75, 3.05) is 39.4 Å². The van der Waals surface area contributed by atoms with Gasteiger partial charge < -0.3 is 15.0 Å². The van der Waals surface area contributed by atoms with Gasteiger partial charge in [0.25, 0.3) is 0 Å². The Balaban J connectivity index is 1.39. The summed E-state index contributed by atoms with van der Waals surface area (Å²) in [5.41, 5.74) is 3.43. The third-order valence-electron chi connectivity index (χ3n) is 8.32. The van der Waals surface area contributed by atoms with Gasteiger partial charge in [0.15, 0.2) is 0 Å². The van der Waals surface area contributed by atoms with Gasteiger partial charge in [0, 0.05) is 46.5 Å². The van der Waals surface area contributed by atoms with E-state index in [-0.39, 0.29) is 18.2 Å². The molecule has 2 aliphatic rings. The molecule has 2 atom stereocenters. The number of halogens is 2. The summed E-state index contributed by atoms with van der Waals surface area (Å²) in [5.74, 6) is -0.275. The normalized spacial score (nSPS) is 20.8. The summed E-state index contributed by atoms with van der Waals surface area (Å²) >= 11 is 13.9. The maximum atomic E-state index is 14.6. The maximum absolute atomic E-state index is 14.6. The Morgan fingerprint density at radius 2 is 1.80 bits per heavy atom. The van der Waals surface area contributed by atoms with Gasteiger partial charge >= 0.3 is 0 Å². The predicted octanol–water partition coefficient (Wildman–Crippen LogP) is 6.02. The summed E-state index contributed by atoms with van der Waals surface area (Å²) in [4.78, 5) is 33.7. The van der Waals surface area contributed by atoms with Crippen LogP contribution in [0, 0.1) is 6.92 Å². The first kappa shape index (κ1) is 30.9. The number of benzene rings is 3. The fourth-order valence-electron chi connectivity index (χ4n) is 6.03. The molecule has 8 nitrogen and oxygen atoms in total. The van der Waals surface area contributed by atoms with Crippen LogP contribution >= 0.6 is 35.0 Å². The number of H-pyrrole nitrogens is 1. The Hall–Kier alpha value is -3.08. The number of nitrogens with one attached hydrogen (secondary N) is 2. The number of thioether (sulfide) groups is 1. The number of hydrogen-bond donors (Lipinski definition) is 2. The molecule has 0 unspecified atom stereocenters. The van der Waals surface area contributed by atoms with Crippen LogP contribution in [0.15, 0.2) is 71.6 Å². The second-order valence-electron chi connectivity index (χ2n) is 11.4. The van der Waals surface area contributed by atoms with Crippen LogP contribution in [-0.2, 0) is 20.9 Å². The number of fused-ring (bicyclic) bond motifs is 1. The SMILES string of the molecule is Cc1ccc(S[C@@]2(C(=O)NCCCN3CCOCC3)CC(=O)N(Cc3ccc(Cl)cc3)[C@@H]2c2[nH]nc3cc(Cl)ccc23)cc1. The topological polar surface area (TPSA) is 90.6 Å². The van der Waals surface area contributed by atoms with Crippen LogP contribution in [0.5, 0.6) is 0 Å². The van der Waals surface area contributed by atoms with Gasteiger partial charge in [0.05, 0.1) is 36.9 Å². The number of carbonyl (C=O) groups is 2. The van der Waals surface area contributed by atoms with Gasteiger partial charge in [-0.25, -0.2) is 0 Å². The first-order valence-electron chi connectivity index (χ1n) is 14.8. The zero-order valence-electron chi connectivity index (χ0n) is 24.5. The van der Waals surface area contributed by atoms with Crippen molar-refractivity contribution in [3.63, 3.8) is 0 Å². The summed E-state index contributed by atoms with van der Waals surface area (Å²) in [7, 11) is 0. The molecule has 1 aromatic heterocycles. The first-order chi connectivity index (χ1) is 21.3. The van der Waals surface area contributed by atoms with Crippen molar-refractivity contribution in [1.82, 2.24) is 25.3 Å². The summed E-state index contributed by atoms with van der Waals surface area (Å²) in [5, 5.41) is 13.0. The van der Waals surface area contributed by atoms with E-state index in [1.165, 1.54) is 11.8 Å². The Morgan fingerprint density at radius 1 is 1.07 bits per heavy atom. The van der Waals surface area contributed by atoms with Crippen LogP contribution in [0.1, 0.15) is 35.7 Å². The highest BCUT2D eigenvalue weighted by atomic mass is 35.5. The summed E-state index contributed by atoms with van der Waals surface area (Å²) < 4.78 is 4.30. The fourth-order valence-corrected chi connectivity index (χ4v) is 7.73. The second kappa shape index (κ2) is 13.5. The molecular weight excluding hydrogens is 617 g/mol. The highest BCUT2D eigenvalue weighted by Crippen LogP contribution is 2.54. The number of morpholine rings is 1. The van der Waals surface area contributed by atoms with Gasteiger partial charge in [-0.1, -0.05) is 53.0 Å². The zero-order chi connectivity index (χ0) is 30.7. The second-order valence-corrected chi connectivity index (χ2v) is 13.7. The molecule has 0 saturated carbocycles. The molecule has 0 bridgehead atoms. The highest BCUT2D eigenvalue weighted by molar-refractivity contribution is 8.01. The number of rotatable bonds is 10. The molecule has 0 aliphatic carbocycles. The number of likely N-dealkylation sites (tertiary alicyclic amines) is 1. The van der Waals surface area contributed by atoms with Crippen molar-refractivity contribution in [3.05, 3.63) is 93.6 Å². The number of aryl methyl sites for hydroxylation is 1. The van der Waals surface area contributed by atoms with Crippen LogP contribution in [0.4, 0.5) is 0 Å². The largest absolute Gasteiger partial charge is 0.379 e. The van der Waals surface area contributed by atoms with E-state index in [0.717, 1.165) is 60.7 Å². The van der Waals surface area contributed by atoms with Gasteiger partial charge in [-0.2, -0.15) is 5.10 Å². The van der Waals surface area contributed by atoms with Gasteiger partial charge in [0.2, 0.25) is 11.8 Å². The summed E-state index contributed by atoms with van der Waals surface area (Å²) in [6.45, 7) is 6.99. The Morgan fingerprint density at radius 3 is 2.55 bits per heavy atom. The van der Waals surface area contributed by atoms with Crippen molar-refractivity contribution in [2.45, 2.75) is 42.0 Å². The molecule has 2 N–H and O–H groups in total. The number of nitrogens with zero attached hydrogens (tertiary/aromatic N) is 3. The molecule has 2 saturated heterocycles. The third-order valence-corrected chi connectivity index (χ3v) is 10.2. The van der Waals surface area contributed by atoms with E-state index in [2.05, 4.69) is 20.4 Å². The van der Waals surface area contributed by atoms with E-state index in [1.54, 1.807) is 11.0 Å². The molecular formula is C33H35Cl2N5O3S. The van der Waals surface area contributed by atoms with Crippen molar-refractivity contribution in [1.29, 1.82) is 0 Å². The number of hydrogen-bond acceptors (Lipinski definition) is 6. The standard InChI is InChI=1S/C33H35Cl2N5O3S/c1-22-3-10-26(11-4-22)44-33(32(42)36-13-2-14-39-15-17-43-18-16-39)20-29(41)40(21-23-5-7-24(34)8-6-23)31(33)30-27-12-9-25(35)19-28(27)37-38-30/h3-12,19,31H,2,13-18,20-21H2,1H3,(H,36,42)(H,37,38)/t31-,33+/m1/s1. The van der Waals surface area contributed by atoms with Gasteiger partial charge in [-0.15, -0.1) is 11.8 Å². The zero-order valence-corrected chi connectivity index (χ0v) is 26.9. The molecule has 0 radical (unpaired) electrons. The summed E-state index contributed by atoms with van der Waals surface area (Å²) in [6, 6.07) is 20.4. The molecule has 44 heavy (non-hydrogen) atoms. The minimum atomic E-state index is -1.17. The number of amides is 2. The number of aromatic amines is 1. The maximum Gasteiger partial charge on any atom is 0.239 e. The molecule has 230 valence electrons. The van der Waals surface area contributed by atoms with E-state index in [9.17, 15) is 9.59 Å². The van der Waals surface area contributed by atoms with Crippen LogP contribution in [0.3, 0.4) is 0 Å². The third kappa shape index (κ3) is 6.62. The molecule has 2 aliphatic heterocycles. The molecule has 3 heterocycles. The van der Waals surface area contributed by atoms with Gasteiger partial charge in [0.1, 0.15) is 4.75 Å². The molecule has 2 amide bonds. The quantitative estimate of drug-likeness (QED) is 0.204. The van der Waals surface area contributed by atoms with Crippen LogP contribution in [-0.4, -0.2) is 76.0 Å². The van der Waals surface area contributed by atoms with Crippen molar-refractivity contribution in [2.24, 2.45) is 0 Å². The van der Waals surface area contributed by atoms with Gasteiger partial charge in [-0.05, 0) is 67.9 Å². The van der Waals surface area contributed by atoms with Crippen LogP contribution < -0.4 is 5.32 Å². The van der Waals surface area contributed by atoms with E-state index >= 15 is 0 Å². The fraction of sp³-hybridized carbons (Fsp3) is 0.364. The monoisotopic (exact) mass is 651 g/mol. The number of aromatic nitrogens is 2. The Labute approximate surface area is 271 Å². The lowest BCUT2D eigenvalue weighted by Crippen LogP contribution is -2.49. The average Bonchev–Trinajstić information content (AvgIpc) is 3.55. The number of carbonyl (C=O) groups excluding carboxylic acids is 2. The van der Waals surface area contributed by atoms with Crippen molar-refractivity contribution in [3.8, 4) is 0 Å². The van der Waals surface area contributed by atoms with Crippen molar-refractivity contribution >= 4 is 57.7 Å². The molecule has 2 fully saturated rings. The molecule has 4 aromatic rings. The Bertz CT molecular complexity index is 1620. The summed E-state index contributed by atoms with van der Waals surface area (Å²) in [6.07, 6.45) is 0.836. The lowest BCUT2D eigenvalue weighted by atomic mass is 9.93. The highest BCUT2D eigenvalue weighted by Gasteiger charge is 2.59. The lowest BCUT2D eigenvalue weighted by molar-refractivity contribution is -0.129. The van der Waals surface area contributed by atoms with E-state index in [4.69, 9.17) is 27.9 Å². The number of ether oxygens (including phenoxy) is 1. The lowest BCUT2D eigenvalue weighted by Gasteiger charge is -2.36. The smallest absolute Gasteiger partial charge is 0.239 e. The first-order valence-corrected chi connectivity index (χ1v) is 16.4. The Kier molecular flexibility index (Phi) is 9.49. The predicted molar refractivity (Wildman–Crippen MR) is 175 cm³/mol. The van der Waals surface area contributed by atoms with E-state index < -0.39 is 10.8 Å². The van der Waals surface area contributed by atoms with Crippen LogP contribution in [0.25, 0.3) is 10.9 Å². The average molecular weight is 653 g/mol. The van der Waals surface area contributed by atoms with E-state index in [1.807, 2.05) is 67.6 Å². The van der Waals surface area contributed by atoms with E-state index in [0.29, 0.717) is 34.3 Å². The molecule has 6 rings (SSSR count). The minimum absolute atomic E-state index is 0.0349.